The van der Waals surface area contributed by atoms with Gasteiger partial charge >= 0.3 is 0 Å². The van der Waals surface area contributed by atoms with E-state index >= 15 is 0 Å². The summed E-state index contributed by atoms with van der Waals surface area (Å²) in [5.74, 6) is 1.74. The molecule has 1 heterocycles. The van der Waals surface area contributed by atoms with Crippen molar-refractivity contribution >= 4 is 15.9 Å². The summed E-state index contributed by atoms with van der Waals surface area (Å²) in [5, 5.41) is 0. The van der Waals surface area contributed by atoms with Crippen molar-refractivity contribution in [2.75, 3.05) is 19.8 Å². The highest BCUT2D eigenvalue weighted by atomic mass is 79.9. The molecule has 0 aromatic heterocycles. The second-order valence-electron chi connectivity index (χ2n) is 4.89. The number of rotatable bonds is 6. The molecule has 3 nitrogen and oxygen atoms in total. The normalized spacial score (nSPS) is 14.2. The van der Waals surface area contributed by atoms with Crippen LogP contribution < -0.4 is 15.2 Å². The fourth-order valence-corrected chi connectivity index (χ4v) is 2.75. The van der Waals surface area contributed by atoms with E-state index in [1.54, 1.807) is 0 Å². The molecule has 0 radical (unpaired) electrons. The predicted molar refractivity (Wildman–Crippen MR) is 81.0 cm³/mol. The van der Waals surface area contributed by atoms with Crippen molar-refractivity contribution in [3.8, 4) is 11.5 Å². The minimum atomic E-state index is 0.734. The molecule has 1 aliphatic rings. The standard InChI is InChI=1S/C15H22BrNO2/c16-13-11-15-14(18-8-5-9-19-15)10-12(13)6-3-1-2-4-7-17/h10-11H,1-9,17H2. The number of nitrogens with two attached hydrogens (primary N) is 1. The topological polar surface area (TPSA) is 44.5 Å². The summed E-state index contributed by atoms with van der Waals surface area (Å²) in [7, 11) is 0. The van der Waals surface area contributed by atoms with Crippen LogP contribution in [0.15, 0.2) is 16.6 Å². The van der Waals surface area contributed by atoms with E-state index in [0.717, 1.165) is 55.0 Å². The molecule has 1 aromatic rings. The van der Waals surface area contributed by atoms with Crippen molar-refractivity contribution in [2.24, 2.45) is 5.73 Å². The summed E-state index contributed by atoms with van der Waals surface area (Å²) in [5.41, 5.74) is 6.80. The third-order valence-corrected chi connectivity index (χ3v) is 4.06. The Labute approximate surface area is 123 Å². The lowest BCUT2D eigenvalue weighted by Crippen LogP contribution is -1.98. The van der Waals surface area contributed by atoms with E-state index in [1.807, 2.05) is 6.07 Å². The van der Waals surface area contributed by atoms with E-state index in [1.165, 1.54) is 24.8 Å². The first kappa shape index (κ1) is 14.7. The third-order valence-electron chi connectivity index (χ3n) is 3.32. The van der Waals surface area contributed by atoms with Crippen molar-refractivity contribution < 1.29 is 9.47 Å². The zero-order valence-corrected chi connectivity index (χ0v) is 12.9. The molecule has 0 atom stereocenters. The molecular weight excluding hydrogens is 306 g/mol. The first-order chi connectivity index (χ1) is 9.31. The number of ether oxygens (including phenoxy) is 2. The summed E-state index contributed by atoms with van der Waals surface area (Å²) in [6, 6.07) is 4.16. The van der Waals surface area contributed by atoms with E-state index in [4.69, 9.17) is 15.2 Å². The Hall–Kier alpha value is -0.740. The van der Waals surface area contributed by atoms with Crippen LogP contribution >= 0.6 is 15.9 Å². The first-order valence-electron chi connectivity index (χ1n) is 7.09. The first-order valence-corrected chi connectivity index (χ1v) is 7.88. The lowest BCUT2D eigenvalue weighted by Gasteiger charge is -2.11. The quantitative estimate of drug-likeness (QED) is 0.811. The third kappa shape index (κ3) is 4.39. The van der Waals surface area contributed by atoms with Gasteiger partial charge < -0.3 is 15.2 Å². The lowest BCUT2D eigenvalue weighted by atomic mass is 10.1. The van der Waals surface area contributed by atoms with Crippen molar-refractivity contribution in [2.45, 2.75) is 38.5 Å². The van der Waals surface area contributed by atoms with Gasteiger partial charge in [0.05, 0.1) is 13.2 Å². The fraction of sp³-hybridized carbons (Fsp3) is 0.600. The van der Waals surface area contributed by atoms with Gasteiger partial charge in [0.25, 0.3) is 0 Å². The summed E-state index contributed by atoms with van der Waals surface area (Å²) >= 11 is 3.63. The van der Waals surface area contributed by atoms with Crippen LogP contribution in [0, 0.1) is 0 Å². The van der Waals surface area contributed by atoms with E-state index < -0.39 is 0 Å². The maximum absolute atomic E-state index is 5.73. The van der Waals surface area contributed by atoms with Crippen LogP contribution in [0.1, 0.15) is 37.7 Å². The van der Waals surface area contributed by atoms with Crippen LogP contribution in [0.25, 0.3) is 0 Å². The average Bonchev–Trinajstić information content (AvgIpc) is 2.63. The molecular formula is C15H22BrNO2. The van der Waals surface area contributed by atoms with Crippen LogP contribution in [0.4, 0.5) is 0 Å². The number of halogens is 1. The number of fused-ring (bicyclic) bond motifs is 1. The number of unbranched alkanes of at least 4 members (excludes halogenated alkanes) is 3. The maximum atomic E-state index is 5.73. The zero-order valence-electron chi connectivity index (χ0n) is 11.3. The van der Waals surface area contributed by atoms with Gasteiger partial charge in [-0.2, -0.15) is 0 Å². The Morgan fingerprint density at radius 2 is 1.68 bits per heavy atom. The monoisotopic (exact) mass is 327 g/mol. The number of hydrogen-bond acceptors (Lipinski definition) is 3. The van der Waals surface area contributed by atoms with Crippen molar-refractivity contribution in [1.29, 1.82) is 0 Å². The average molecular weight is 328 g/mol. The summed E-state index contributed by atoms with van der Waals surface area (Å²) < 4.78 is 12.5. The SMILES string of the molecule is NCCCCCCc1cc2c(cc1Br)OCCCO2. The summed E-state index contributed by atoms with van der Waals surface area (Å²) in [6.07, 6.45) is 6.79. The van der Waals surface area contributed by atoms with Crippen LogP contribution in [0.2, 0.25) is 0 Å². The molecule has 1 aliphatic heterocycles. The molecule has 2 N–H and O–H groups in total. The van der Waals surface area contributed by atoms with Gasteiger partial charge in [-0.1, -0.05) is 28.8 Å². The Bertz CT molecular complexity index is 409. The van der Waals surface area contributed by atoms with Crippen molar-refractivity contribution in [3.05, 3.63) is 22.2 Å². The molecule has 4 heteroatoms. The molecule has 0 amide bonds. The molecule has 0 saturated carbocycles. The molecule has 0 unspecified atom stereocenters. The van der Waals surface area contributed by atoms with Gasteiger partial charge in [-0.15, -0.1) is 0 Å². The van der Waals surface area contributed by atoms with Gasteiger partial charge in [0.15, 0.2) is 11.5 Å². The van der Waals surface area contributed by atoms with Crippen molar-refractivity contribution in [3.63, 3.8) is 0 Å². The van der Waals surface area contributed by atoms with Crippen LogP contribution in [0.5, 0.6) is 11.5 Å². The van der Waals surface area contributed by atoms with Gasteiger partial charge in [0.2, 0.25) is 0 Å². The molecule has 0 spiro atoms. The maximum Gasteiger partial charge on any atom is 0.162 e. The minimum absolute atomic E-state index is 0.734. The molecule has 106 valence electrons. The molecule has 0 fully saturated rings. The highest BCUT2D eigenvalue weighted by Crippen LogP contribution is 2.35. The molecule has 0 saturated heterocycles. The summed E-state index contributed by atoms with van der Waals surface area (Å²) in [6.45, 7) is 2.27. The van der Waals surface area contributed by atoms with Gasteiger partial charge in [0, 0.05) is 10.9 Å². The van der Waals surface area contributed by atoms with E-state index in [-0.39, 0.29) is 0 Å². The Kier molecular flexibility index (Phi) is 5.98. The Balaban J connectivity index is 1.95. The van der Waals surface area contributed by atoms with Crippen molar-refractivity contribution in [1.82, 2.24) is 0 Å². The minimum Gasteiger partial charge on any atom is -0.490 e. The van der Waals surface area contributed by atoms with Gasteiger partial charge in [-0.05, 0) is 43.5 Å². The van der Waals surface area contributed by atoms with Gasteiger partial charge in [-0.3, -0.25) is 0 Å². The van der Waals surface area contributed by atoms with E-state index in [9.17, 15) is 0 Å². The predicted octanol–water partition coefficient (Wildman–Crippen LogP) is 3.67. The second kappa shape index (κ2) is 7.75. The molecule has 1 aromatic carbocycles. The highest BCUT2D eigenvalue weighted by Gasteiger charge is 2.13. The Morgan fingerprint density at radius 1 is 1.00 bits per heavy atom. The van der Waals surface area contributed by atoms with E-state index in [2.05, 4.69) is 22.0 Å². The zero-order chi connectivity index (χ0) is 13.5. The largest absolute Gasteiger partial charge is 0.490 e. The van der Waals surface area contributed by atoms with Gasteiger partial charge in [-0.25, -0.2) is 0 Å². The van der Waals surface area contributed by atoms with Gasteiger partial charge in [0.1, 0.15) is 0 Å². The van der Waals surface area contributed by atoms with Crippen LogP contribution in [0.3, 0.4) is 0 Å². The lowest BCUT2D eigenvalue weighted by molar-refractivity contribution is 0.297. The van der Waals surface area contributed by atoms with Crippen LogP contribution in [-0.4, -0.2) is 19.8 Å². The van der Waals surface area contributed by atoms with Crippen LogP contribution in [-0.2, 0) is 6.42 Å². The summed E-state index contributed by atoms with van der Waals surface area (Å²) in [4.78, 5) is 0. The fourth-order valence-electron chi connectivity index (χ4n) is 2.23. The highest BCUT2D eigenvalue weighted by molar-refractivity contribution is 9.10. The number of benzene rings is 1. The van der Waals surface area contributed by atoms with E-state index in [0.29, 0.717) is 0 Å². The molecule has 0 bridgehead atoms. The smallest absolute Gasteiger partial charge is 0.162 e. The molecule has 0 aliphatic carbocycles. The second-order valence-corrected chi connectivity index (χ2v) is 5.75. The molecule has 2 rings (SSSR count). The number of hydrogen-bond donors (Lipinski definition) is 1. The molecule has 19 heavy (non-hydrogen) atoms. The Morgan fingerprint density at radius 3 is 2.42 bits per heavy atom. The number of aryl methyl sites for hydroxylation is 1.